The second-order valence-corrected chi connectivity index (χ2v) is 6.29. The van der Waals surface area contributed by atoms with Crippen LogP contribution < -0.4 is 10.6 Å². The Labute approximate surface area is 127 Å². The Bertz CT molecular complexity index is 479. The summed E-state index contributed by atoms with van der Waals surface area (Å²) >= 11 is 5.01. The smallest absolute Gasteiger partial charge is 0.0742 e. The Hall–Kier alpha value is -1.13. The van der Waals surface area contributed by atoms with Gasteiger partial charge < -0.3 is 10.6 Å². The van der Waals surface area contributed by atoms with Crippen molar-refractivity contribution in [2.45, 2.75) is 33.2 Å². The van der Waals surface area contributed by atoms with E-state index in [1.165, 1.54) is 16.8 Å². The fourth-order valence-electron chi connectivity index (χ4n) is 2.90. The number of nitrogens with zero attached hydrogens (tertiary/aromatic N) is 2. The molecule has 3 nitrogen and oxygen atoms in total. The minimum absolute atomic E-state index is 0.452. The summed E-state index contributed by atoms with van der Waals surface area (Å²) in [5.41, 5.74) is 9.80. The molecule has 0 saturated carbocycles. The number of nitrogens with two attached hydrogens (primary N) is 1. The molecule has 0 spiro atoms. The van der Waals surface area contributed by atoms with Gasteiger partial charge in [0.2, 0.25) is 0 Å². The van der Waals surface area contributed by atoms with Crippen molar-refractivity contribution in [3.8, 4) is 0 Å². The van der Waals surface area contributed by atoms with Crippen LogP contribution in [0.25, 0.3) is 0 Å². The summed E-state index contributed by atoms with van der Waals surface area (Å²) in [6.45, 7) is 10.9. The van der Waals surface area contributed by atoms with E-state index in [2.05, 4.69) is 48.8 Å². The minimum Gasteiger partial charge on any atom is -0.393 e. The van der Waals surface area contributed by atoms with Crippen molar-refractivity contribution in [3.63, 3.8) is 0 Å². The Kier molecular flexibility index (Phi) is 5.00. The molecule has 1 heterocycles. The molecule has 2 N–H and O–H groups in total. The number of hydrogen-bond donors (Lipinski definition) is 1. The lowest BCUT2D eigenvalue weighted by Crippen LogP contribution is -2.50. The molecular formula is C16H25N3S. The third kappa shape index (κ3) is 3.49. The third-order valence-electron chi connectivity index (χ3n) is 4.35. The zero-order chi connectivity index (χ0) is 14.7. The van der Waals surface area contributed by atoms with Crippen LogP contribution in [-0.4, -0.2) is 42.1 Å². The van der Waals surface area contributed by atoms with Crippen LogP contribution in [-0.2, 0) is 0 Å². The van der Waals surface area contributed by atoms with E-state index in [4.69, 9.17) is 18.0 Å². The van der Waals surface area contributed by atoms with Gasteiger partial charge in [0.15, 0.2) is 0 Å². The first kappa shape index (κ1) is 15.3. The molecule has 1 aliphatic heterocycles. The monoisotopic (exact) mass is 291 g/mol. The van der Waals surface area contributed by atoms with Crippen molar-refractivity contribution in [1.29, 1.82) is 0 Å². The second-order valence-electron chi connectivity index (χ2n) is 5.76. The summed E-state index contributed by atoms with van der Waals surface area (Å²) in [4.78, 5) is 5.60. The van der Waals surface area contributed by atoms with Gasteiger partial charge in [-0.3, -0.25) is 4.90 Å². The standard InChI is InChI=1S/C16H25N3S/c1-12-5-4-6-15(14(12)3)19-9-7-18(8-10-19)13(2)11-16(17)20/h4-6,13H,7-11H2,1-3H3,(H2,17,20). The van der Waals surface area contributed by atoms with Crippen LogP contribution in [0.2, 0.25) is 0 Å². The highest BCUT2D eigenvalue weighted by Gasteiger charge is 2.22. The average molecular weight is 291 g/mol. The van der Waals surface area contributed by atoms with Crippen LogP contribution in [0.3, 0.4) is 0 Å². The van der Waals surface area contributed by atoms with Gasteiger partial charge in [-0.05, 0) is 38.0 Å². The molecule has 4 heteroatoms. The SMILES string of the molecule is Cc1cccc(N2CCN(C(C)CC(N)=S)CC2)c1C. The number of hydrogen-bond acceptors (Lipinski definition) is 3. The molecule has 0 amide bonds. The van der Waals surface area contributed by atoms with Crippen molar-refractivity contribution in [2.75, 3.05) is 31.1 Å². The van der Waals surface area contributed by atoms with E-state index in [-0.39, 0.29) is 0 Å². The first-order valence-electron chi connectivity index (χ1n) is 7.32. The molecule has 20 heavy (non-hydrogen) atoms. The molecule has 1 aromatic rings. The Morgan fingerprint density at radius 2 is 1.90 bits per heavy atom. The second kappa shape index (κ2) is 6.55. The number of aryl methyl sites for hydroxylation is 1. The van der Waals surface area contributed by atoms with E-state index in [9.17, 15) is 0 Å². The predicted molar refractivity (Wildman–Crippen MR) is 90.6 cm³/mol. The maximum atomic E-state index is 5.65. The fourth-order valence-corrected chi connectivity index (χ4v) is 3.14. The average Bonchev–Trinajstić information content (AvgIpc) is 2.41. The van der Waals surface area contributed by atoms with E-state index in [0.717, 1.165) is 32.6 Å². The molecular weight excluding hydrogens is 266 g/mol. The van der Waals surface area contributed by atoms with Gasteiger partial charge in [-0.2, -0.15) is 0 Å². The molecule has 1 unspecified atom stereocenters. The van der Waals surface area contributed by atoms with Crippen LogP contribution in [0.5, 0.6) is 0 Å². The molecule has 0 aliphatic carbocycles. The lowest BCUT2D eigenvalue weighted by Gasteiger charge is -2.39. The largest absolute Gasteiger partial charge is 0.393 e. The topological polar surface area (TPSA) is 32.5 Å². The molecule has 110 valence electrons. The highest BCUT2D eigenvalue weighted by atomic mass is 32.1. The van der Waals surface area contributed by atoms with Gasteiger partial charge >= 0.3 is 0 Å². The molecule has 0 bridgehead atoms. The van der Waals surface area contributed by atoms with Crippen LogP contribution in [0.1, 0.15) is 24.5 Å². The van der Waals surface area contributed by atoms with Gasteiger partial charge in [0, 0.05) is 44.3 Å². The lowest BCUT2D eigenvalue weighted by atomic mass is 10.1. The van der Waals surface area contributed by atoms with Crippen LogP contribution in [0, 0.1) is 13.8 Å². The van der Waals surface area contributed by atoms with Gasteiger partial charge in [0.1, 0.15) is 0 Å². The Morgan fingerprint density at radius 3 is 2.50 bits per heavy atom. The summed E-state index contributed by atoms with van der Waals surface area (Å²) in [7, 11) is 0. The van der Waals surface area contributed by atoms with E-state index < -0.39 is 0 Å². The van der Waals surface area contributed by atoms with Gasteiger partial charge in [0.25, 0.3) is 0 Å². The molecule has 1 saturated heterocycles. The summed E-state index contributed by atoms with van der Waals surface area (Å²) < 4.78 is 0. The van der Waals surface area contributed by atoms with Gasteiger partial charge in [-0.25, -0.2) is 0 Å². The zero-order valence-electron chi connectivity index (χ0n) is 12.7. The highest BCUT2D eigenvalue weighted by Crippen LogP contribution is 2.24. The summed E-state index contributed by atoms with van der Waals surface area (Å²) in [5.74, 6) is 0. The first-order valence-corrected chi connectivity index (χ1v) is 7.73. The fraction of sp³-hybridized carbons (Fsp3) is 0.562. The van der Waals surface area contributed by atoms with E-state index in [1.807, 2.05) is 0 Å². The van der Waals surface area contributed by atoms with Gasteiger partial charge in [-0.1, -0.05) is 24.4 Å². The highest BCUT2D eigenvalue weighted by molar-refractivity contribution is 7.80. The maximum Gasteiger partial charge on any atom is 0.0742 e. The van der Waals surface area contributed by atoms with Gasteiger partial charge in [0.05, 0.1) is 4.99 Å². The number of benzene rings is 1. The summed E-state index contributed by atoms with van der Waals surface area (Å²) in [5, 5.41) is 0. The molecule has 1 fully saturated rings. The number of piperazine rings is 1. The minimum atomic E-state index is 0.452. The van der Waals surface area contributed by atoms with Crippen LogP contribution in [0.4, 0.5) is 5.69 Å². The van der Waals surface area contributed by atoms with Crippen molar-refractivity contribution < 1.29 is 0 Å². The molecule has 0 radical (unpaired) electrons. The van der Waals surface area contributed by atoms with Crippen molar-refractivity contribution >= 4 is 22.9 Å². The van der Waals surface area contributed by atoms with Crippen molar-refractivity contribution in [2.24, 2.45) is 5.73 Å². The van der Waals surface area contributed by atoms with Crippen LogP contribution in [0.15, 0.2) is 18.2 Å². The normalized spacial score (nSPS) is 18.1. The molecule has 0 aromatic heterocycles. The summed E-state index contributed by atoms with van der Waals surface area (Å²) in [6.07, 6.45) is 0.818. The van der Waals surface area contributed by atoms with Crippen molar-refractivity contribution in [3.05, 3.63) is 29.3 Å². The summed E-state index contributed by atoms with van der Waals surface area (Å²) in [6, 6.07) is 7.02. The van der Waals surface area contributed by atoms with Gasteiger partial charge in [-0.15, -0.1) is 0 Å². The van der Waals surface area contributed by atoms with Crippen LogP contribution >= 0.6 is 12.2 Å². The molecule has 1 atom stereocenters. The maximum absolute atomic E-state index is 5.65. The molecule has 1 aromatic carbocycles. The lowest BCUT2D eigenvalue weighted by molar-refractivity contribution is 0.201. The van der Waals surface area contributed by atoms with E-state index in [1.54, 1.807) is 0 Å². The Balaban J connectivity index is 1.97. The number of rotatable bonds is 4. The molecule has 2 rings (SSSR count). The molecule has 1 aliphatic rings. The third-order valence-corrected chi connectivity index (χ3v) is 4.52. The number of anilines is 1. The van der Waals surface area contributed by atoms with E-state index >= 15 is 0 Å². The predicted octanol–water partition coefficient (Wildman–Crippen LogP) is 2.49. The number of thiocarbonyl (C=S) groups is 1. The zero-order valence-corrected chi connectivity index (χ0v) is 13.5. The Morgan fingerprint density at radius 1 is 1.25 bits per heavy atom. The van der Waals surface area contributed by atoms with E-state index in [0.29, 0.717) is 11.0 Å². The van der Waals surface area contributed by atoms with Crippen molar-refractivity contribution in [1.82, 2.24) is 4.90 Å². The quantitative estimate of drug-likeness (QED) is 0.864. The first-order chi connectivity index (χ1) is 9.49.